The molecule has 0 heteroatoms. The van der Waals surface area contributed by atoms with Crippen molar-refractivity contribution in [3.05, 3.63) is 385 Å². The monoisotopic (exact) mass is 1920 g/mol. The molecule has 0 atom stereocenters. The van der Waals surface area contributed by atoms with E-state index in [1.165, 1.54) is 323 Å². The summed E-state index contributed by atoms with van der Waals surface area (Å²) in [5.74, 6) is 0. The van der Waals surface area contributed by atoms with Gasteiger partial charge in [0.1, 0.15) is 0 Å². The predicted octanol–water partition coefficient (Wildman–Crippen LogP) is 42.8. The Bertz CT molecular complexity index is 7910. The molecule has 736 valence electrons. The normalized spacial score (nSPS) is 11.3. The van der Waals surface area contributed by atoms with Crippen molar-refractivity contribution >= 4 is 194 Å². The summed E-state index contributed by atoms with van der Waals surface area (Å²) < 4.78 is 0. The quantitative estimate of drug-likeness (QED) is 0.0264. The van der Waals surface area contributed by atoms with Crippen molar-refractivity contribution < 1.29 is 0 Å². The van der Waals surface area contributed by atoms with Crippen LogP contribution >= 0.6 is 0 Å². The number of unbranched alkanes of at least 4 members (excludes halogenated alkanes) is 30. The second-order valence-corrected chi connectivity index (χ2v) is 42.0. The molecule has 0 aliphatic carbocycles. The van der Waals surface area contributed by atoms with Gasteiger partial charge in [-0.15, -0.1) is 0 Å². The lowest BCUT2D eigenvalue weighted by molar-refractivity contribution is 0.609. The van der Waals surface area contributed by atoms with Gasteiger partial charge in [-0.1, -0.05) is 453 Å². The van der Waals surface area contributed by atoms with Gasteiger partial charge in [-0.25, -0.2) is 0 Å². The van der Waals surface area contributed by atoms with Gasteiger partial charge in [0.15, 0.2) is 0 Å². The molecule has 19 aromatic carbocycles. The third-order valence-electron chi connectivity index (χ3n) is 31.8. The maximum atomic E-state index is 3.94. The third-order valence-corrected chi connectivity index (χ3v) is 31.8. The van der Waals surface area contributed by atoms with Crippen LogP contribution in [0.1, 0.15) is 306 Å². The lowest BCUT2D eigenvalue weighted by Crippen LogP contribution is -1.92. The summed E-state index contributed by atoms with van der Waals surface area (Å²) in [7, 11) is 0. The summed E-state index contributed by atoms with van der Waals surface area (Å²) >= 11 is 0. The average molecular weight is 1920 g/mol. The molecule has 0 saturated heterocycles. The van der Waals surface area contributed by atoms with Gasteiger partial charge in [-0.3, -0.25) is 0 Å². The third kappa shape index (κ3) is 23.7. The second-order valence-electron chi connectivity index (χ2n) is 42.0. The maximum Gasteiger partial charge on any atom is 0.0334 e. The van der Waals surface area contributed by atoms with Crippen molar-refractivity contribution in [2.75, 3.05) is 0 Å². The Morgan fingerprint density at radius 3 is 0.345 bits per heavy atom. The first kappa shape index (κ1) is 102. The highest BCUT2D eigenvalue weighted by Gasteiger charge is 2.20. The zero-order chi connectivity index (χ0) is 101. The Labute approximate surface area is 883 Å². The summed E-state index contributed by atoms with van der Waals surface area (Å²) in [5, 5.41) is 41.0. The summed E-state index contributed by atoms with van der Waals surface area (Å²) in [4.78, 5) is 0. The van der Waals surface area contributed by atoms with Gasteiger partial charge in [-0.2, -0.15) is 0 Å². The van der Waals surface area contributed by atoms with E-state index in [9.17, 15) is 0 Å². The van der Waals surface area contributed by atoms with Crippen LogP contribution in [0.5, 0.6) is 0 Å². The highest BCUT2D eigenvalue weighted by molar-refractivity contribution is 6.19. The van der Waals surface area contributed by atoms with E-state index in [1.54, 1.807) is 0 Å². The van der Waals surface area contributed by atoms with Gasteiger partial charge < -0.3 is 0 Å². The standard InChI is InChI=1S/C148H144/c1-7-13-19-25-31-37-75-119-125-81-47-63-107-59-43-45-61-109-65-49-83-127-120(76-38-32-26-20-14-8-2)129-85-51-67-111(141(129)102-139(109)127)93-95-113-69-53-87-131-122(78-40-34-28-22-16-10-4)133-89-55-71-115(145(133)104-143(113)131)97-99-117-73-57-91-135-124(80-42-36-30-24-18-12-6)136-92-58-74-118(148(136)106-147(117)135)100-98-116-72-56-90-134-123(79-41-35-29-23-17-11-5)132-88-54-70-114(144(132)105-146(116)134)96-94-112-68-52-86-130-121(77-39-33-27-21-15-9-3)128-84-50-66-110(140(128)103-142(112)130)62-46-44-60-108-64-48-82-126(119)138(108)101-137(107)125/h47-58,63-74,81-92,101-106H,7-42,75-80H2,1-6H3. The molecular formula is C148H144. The summed E-state index contributed by atoms with van der Waals surface area (Å²) in [6.07, 6.45) is 49.7. The molecule has 19 rings (SSSR count). The lowest BCUT2D eigenvalue weighted by atomic mass is 9.90. The number of benzene rings is 18. The van der Waals surface area contributed by atoms with Crippen LogP contribution in [0.4, 0.5) is 0 Å². The zero-order valence-corrected chi connectivity index (χ0v) is 88.9. The van der Waals surface area contributed by atoms with Gasteiger partial charge in [0.25, 0.3) is 0 Å². The van der Waals surface area contributed by atoms with E-state index in [4.69, 9.17) is 0 Å². The number of aryl methyl sites for hydroxylation is 6. The first-order chi connectivity index (χ1) is 73.3. The van der Waals surface area contributed by atoms with Gasteiger partial charge >= 0.3 is 0 Å². The largest absolute Gasteiger partial charge is 0.0654 e. The van der Waals surface area contributed by atoms with E-state index in [0.29, 0.717) is 0 Å². The molecule has 0 aliphatic heterocycles. The van der Waals surface area contributed by atoms with Crippen molar-refractivity contribution in [1.82, 2.24) is 0 Å². The Morgan fingerprint density at radius 2 is 0.223 bits per heavy atom. The van der Waals surface area contributed by atoms with E-state index in [-0.39, 0.29) is 0 Å². The van der Waals surface area contributed by atoms with Crippen LogP contribution in [0.25, 0.3) is 194 Å². The minimum absolute atomic E-state index is 0.959. The minimum Gasteiger partial charge on any atom is -0.0654 e. The summed E-state index contributed by atoms with van der Waals surface area (Å²) in [6, 6.07) is 156. The summed E-state index contributed by atoms with van der Waals surface area (Å²) in [5.41, 5.74) is 8.25. The number of hydrogen-bond donors (Lipinski definition) is 0. The molecule has 19 aromatic rings. The van der Waals surface area contributed by atoms with Crippen molar-refractivity contribution in [1.29, 1.82) is 0 Å². The molecule has 0 aliphatic rings. The maximum absolute atomic E-state index is 3.94. The topological polar surface area (TPSA) is 0 Å². The van der Waals surface area contributed by atoms with Crippen molar-refractivity contribution in [2.24, 2.45) is 0 Å². The molecule has 0 spiro atoms. The van der Waals surface area contributed by atoms with Crippen LogP contribution in [0.2, 0.25) is 0 Å². The zero-order valence-electron chi connectivity index (χ0n) is 88.9. The van der Waals surface area contributed by atoms with Gasteiger partial charge in [-0.05, 0) is 373 Å². The first-order valence-electron chi connectivity index (χ1n) is 57.3. The molecule has 148 heavy (non-hydrogen) atoms. The predicted molar refractivity (Wildman–Crippen MR) is 642 cm³/mol. The second kappa shape index (κ2) is 51.3. The number of hydrogen-bond acceptors (Lipinski definition) is 0. The molecule has 12 bridgehead atoms. The van der Waals surface area contributed by atoms with E-state index < -0.39 is 0 Å². The Hall–Kier alpha value is -14.4. The van der Waals surface area contributed by atoms with Crippen LogP contribution in [-0.4, -0.2) is 0 Å². The van der Waals surface area contributed by atoms with Crippen LogP contribution in [0.3, 0.4) is 0 Å². The van der Waals surface area contributed by atoms with Crippen LogP contribution < -0.4 is 0 Å². The molecular weight excluding hydrogens is 1780 g/mol. The van der Waals surface area contributed by atoms with Crippen LogP contribution in [0, 0.1) is 97.1 Å². The molecule has 0 unspecified atom stereocenters. The first-order valence-corrected chi connectivity index (χ1v) is 57.3. The molecule has 0 N–H and O–H groups in total. The Kier molecular flexibility index (Phi) is 35.4. The van der Waals surface area contributed by atoms with Crippen LogP contribution in [0.15, 0.2) is 255 Å². The highest BCUT2D eigenvalue weighted by Crippen LogP contribution is 2.43. The van der Waals surface area contributed by atoms with Crippen molar-refractivity contribution in [3.63, 3.8) is 0 Å². The minimum atomic E-state index is 0.959. The van der Waals surface area contributed by atoms with Gasteiger partial charge in [0.05, 0.1) is 0 Å². The molecule has 0 radical (unpaired) electrons. The molecule has 0 saturated carbocycles. The fraction of sp³-hybridized carbons (Fsp3) is 0.324. The molecule has 0 nitrogen and oxygen atoms in total. The fourth-order valence-corrected chi connectivity index (χ4v) is 23.9. The van der Waals surface area contributed by atoms with E-state index >= 15 is 0 Å². The number of rotatable bonds is 42. The van der Waals surface area contributed by atoms with E-state index in [0.717, 1.165) is 174 Å². The SMILES string of the molecule is CCCCCCCCc1c2cccc3c#cc#cc4cccc5c(CCCCCCCC)c6cccc(c#cc7cccc8c(CCCCCCCC)c9cccc(c#cc%10cccc%11c(CCCCCCCC)c%12cccc(c#cc%13cccc%14c(CCCCCCCC)c%15cccc(c#cc%16cccc%17c(CCCCCCCC)c%18cccc(c#cc#cc%19cccc1c%19cc32)c%18cc%16%17)c%15cc%13%14)c%12cc%10%11)c9cc78)c6cc45. The fourth-order valence-electron chi connectivity index (χ4n) is 23.9. The van der Waals surface area contributed by atoms with Crippen LogP contribution in [-0.2, 0) is 38.5 Å². The van der Waals surface area contributed by atoms with Crippen molar-refractivity contribution in [3.8, 4) is 0 Å². The average Bonchev–Trinajstić information content (AvgIpc) is 0.860. The molecule has 0 amide bonds. The lowest BCUT2D eigenvalue weighted by Gasteiger charge is -2.13. The Morgan fingerprint density at radius 1 is 0.115 bits per heavy atom. The highest BCUT2D eigenvalue weighted by atomic mass is 14.2. The molecule has 0 heterocycles. The van der Waals surface area contributed by atoms with Gasteiger partial charge in [0.2, 0.25) is 0 Å². The summed E-state index contributed by atoms with van der Waals surface area (Å²) in [6.45, 7) is 13.9. The van der Waals surface area contributed by atoms with Crippen molar-refractivity contribution in [2.45, 2.75) is 311 Å². The molecule has 0 aromatic heterocycles. The molecule has 0 fully saturated rings. The smallest absolute Gasteiger partial charge is 0.0334 e. The Balaban J connectivity index is 0.857. The van der Waals surface area contributed by atoms with E-state index in [1.807, 2.05) is 0 Å². The van der Waals surface area contributed by atoms with E-state index in [2.05, 4.69) is 393 Å². The van der Waals surface area contributed by atoms with Gasteiger partial charge in [0, 0.05) is 64.6 Å².